The van der Waals surface area contributed by atoms with Crippen LogP contribution in [0.3, 0.4) is 0 Å². The Morgan fingerprint density at radius 1 is 0.647 bits per heavy atom. The summed E-state index contributed by atoms with van der Waals surface area (Å²) in [7, 11) is 0. The first-order chi connectivity index (χ1) is 16.7. The second kappa shape index (κ2) is 7.49. The van der Waals surface area contributed by atoms with Crippen molar-refractivity contribution in [2.75, 3.05) is 0 Å². The minimum Gasteiger partial charge on any atom is -0.455 e. The molecule has 0 radical (unpaired) electrons. The van der Waals surface area contributed by atoms with Gasteiger partial charge >= 0.3 is 0 Å². The lowest BCUT2D eigenvalue weighted by molar-refractivity contribution is 0.670. The molecule has 0 spiro atoms. The van der Waals surface area contributed by atoms with Gasteiger partial charge in [-0.2, -0.15) is 0 Å². The molecule has 0 atom stereocenters. The van der Waals surface area contributed by atoms with Gasteiger partial charge in [0.1, 0.15) is 11.2 Å². The number of furan rings is 1. The molecule has 0 saturated heterocycles. The first kappa shape index (κ1) is 19.9. The Balaban J connectivity index is 1.65. The van der Waals surface area contributed by atoms with Crippen LogP contribution in [0.1, 0.15) is 0 Å². The van der Waals surface area contributed by atoms with Crippen molar-refractivity contribution in [3.8, 4) is 16.8 Å². The van der Waals surface area contributed by atoms with Crippen molar-refractivity contribution < 1.29 is 4.42 Å². The van der Waals surface area contributed by atoms with Crippen molar-refractivity contribution in [1.82, 2.24) is 4.57 Å². The highest BCUT2D eigenvalue weighted by Crippen LogP contribution is 2.42. The van der Waals surface area contributed by atoms with Crippen LogP contribution in [0.4, 0.5) is 0 Å². The third-order valence-electron chi connectivity index (χ3n) is 6.51. The summed E-state index contributed by atoms with van der Waals surface area (Å²) in [5.41, 5.74) is 7.34. The van der Waals surface area contributed by atoms with Crippen LogP contribution in [0.15, 0.2) is 112 Å². The topological polar surface area (TPSA) is 18.1 Å². The number of nitrogens with zero attached hydrogens (tertiary/aromatic N) is 1. The average molecular weight is 523 g/mol. The van der Waals surface area contributed by atoms with E-state index in [2.05, 4.69) is 99.4 Å². The fourth-order valence-corrected chi connectivity index (χ4v) is 5.62. The van der Waals surface area contributed by atoms with Gasteiger partial charge in [0, 0.05) is 47.9 Å². The number of para-hydroxylation sites is 3. The van der Waals surface area contributed by atoms with E-state index in [0.717, 1.165) is 70.1 Å². The van der Waals surface area contributed by atoms with E-state index in [4.69, 9.17) is 16.0 Å². The molecule has 0 aliphatic carbocycles. The van der Waals surface area contributed by atoms with Crippen LogP contribution in [0.5, 0.6) is 0 Å². The molecule has 4 heteroatoms. The van der Waals surface area contributed by atoms with E-state index in [1.54, 1.807) is 0 Å². The zero-order valence-corrected chi connectivity index (χ0v) is 20.3. The van der Waals surface area contributed by atoms with Crippen LogP contribution in [-0.2, 0) is 0 Å². The molecule has 0 aliphatic rings. The molecular formula is C30H17BrClNO. The minimum atomic E-state index is 0.731. The van der Waals surface area contributed by atoms with Gasteiger partial charge in [-0.3, -0.25) is 0 Å². The predicted octanol–water partition coefficient (Wildman–Crippen LogP) is 9.77. The second-order valence-corrected chi connectivity index (χ2v) is 9.81. The summed E-state index contributed by atoms with van der Waals surface area (Å²) >= 11 is 10.0. The van der Waals surface area contributed by atoms with Crippen molar-refractivity contribution in [3.63, 3.8) is 0 Å². The fraction of sp³-hybridized carbons (Fsp3) is 0. The van der Waals surface area contributed by atoms with E-state index in [0.29, 0.717) is 0 Å². The van der Waals surface area contributed by atoms with Gasteiger partial charge in [-0.05, 0) is 48.5 Å². The normalized spacial score (nSPS) is 11.8. The number of hydrogen-bond donors (Lipinski definition) is 0. The van der Waals surface area contributed by atoms with Gasteiger partial charge in [-0.15, -0.1) is 0 Å². The molecule has 0 bridgehead atoms. The molecule has 0 aliphatic heterocycles. The molecular weight excluding hydrogens is 506 g/mol. The lowest BCUT2D eigenvalue weighted by Crippen LogP contribution is -1.95. The zero-order chi connectivity index (χ0) is 22.8. The summed E-state index contributed by atoms with van der Waals surface area (Å²) in [5.74, 6) is 0. The molecule has 34 heavy (non-hydrogen) atoms. The minimum absolute atomic E-state index is 0.731. The molecule has 0 saturated carbocycles. The smallest absolute Gasteiger partial charge is 0.143 e. The first-order valence-electron chi connectivity index (χ1n) is 11.1. The fourth-order valence-electron chi connectivity index (χ4n) is 5.09. The highest BCUT2D eigenvalue weighted by molar-refractivity contribution is 9.10. The maximum Gasteiger partial charge on any atom is 0.143 e. The quantitative estimate of drug-likeness (QED) is 0.221. The lowest BCUT2D eigenvalue weighted by Gasteiger charge is -2.12. The summed E-state index contributed by atoms with van der Waals surface area (Å²) in [5, 5.41) is 5.24. The molecule has 7 rings (SSSR count). The number of benzene rings is 5. The Hall–Kier alpha value is -3.53. The summed E-state index contributed by atoms with van der Waals surface area (Å²) in [6.07, 6.45) is 0. The van der Waals surface area contributed by atoms with Gasteiger partial charge in [0.25, 0.3) is 0 Å². The Morgan fingerprint density at radius 2 is 1.44 bits per heavy atom. The monoisotopic (exact) mass is 521 g/mol. The molecule has 0 unspecified atom stereocenters. The van der Waals surface area contributed by atoms with Gasteiger partial charge < -0.3 is 8.98 Å². The van der Waals surface area contributed by atoms with E-state index in [1.165, 1.54) is 0 Å². The van der Waals surface area contributed by atoms with E-state index in [9.17, 15) is 0 Å². The highest BCUT2D eigenvalue weighted by atomic mass is 79.9. The van der Waals surface area contributed by atoms with Gasteiger partial charge in [0.2, 0.25) is 0 Å². The van der Waals surface area contributed by atoms with Crippen molar-refractivity contribution in [1.29, 1.82) is 0 Å². The molecule has 7 aromatic rings. The van der Waals surface area contributed by atoms with Crippen molar-refractivity contribution >= 4 is 71.3 Å². The Labute approximate surface area is 209 Å². The standard InChI is InChI=1S/C30H17BrClNO/c31-18-12-15-28-26(16-18)24-11-5-10-23(30(24)34-28)21-8-4-9-22-25-17-19(32)13-14-27(25)33(29(21)22)20-6-2-1-3-7-20/h1-17H. The second-order valence-electron chi connectivity index (χ2n) is 8.46. The summed E-state index contributed by atoms with van der Waals surface area (Å²) < 4.78 is 9.80. The zero-order valence-electron chi connectivity index (χ0n) is 17.9. The molecule has 2 nitrogen and oxygen atoms in total. The summed E-state index contributed by atoms with van der Waals surface area (Å²) in [6.45, 7) is 0. The van der Waals surface area contributed by atoms with Crippen molar-refractivity contribution in [2.45, 2.75) is 0 Å². The van der Waals surface area contributed by atoms with Crippen LogP contribution in [0.25, 0.3) is 60.6 Å². The molecule has 2 heterocycles. The number of halogens is 2. The van der Waals surface area contributed by atoms with Crippen molar-refractivity contribution in [3.05, 3.63) is 113 Å². The van der Waals surface area contributed by atoms with Gasteiger partial charge in [0.05, 0.1) is 11.0 Å². The van der Waals surface area contributed by atoms with Gasteiger partial charge in [-0.25, -0.2) is 0 Å². The maximum atomic E-state index is 6.44. The number of fused-ring (bicyclic) bond motifs is 6. The molecule has 0 fully saturated rings. The molecule has 0 N–H and O–H groups in total. The third kappa shape index (κ3) is 2.87. The Morgan fingerprint density at radius 3 is 2.29 bits per heavy atom. The maximum absolute atomic E-state index is 6.44. The van der Waals surface area contributed by atoms with E-state index >= 15 is 0 Å². The summed E-state index contributed by atoms with van der Waals surface area (Å²) in [6, 6.07) is 35.6. The Kier molecular flexibility index (Phi) is 4.38. The summed E-state index contributed by atoms with van der Waals surface area (Å²) in [4.78, 5) is 0. The SMILES string of the molecule is Clc1ccc2c(c1)c1cccc(-c3cccc4c3oc3ccc(Br)cc34)c1n2-c1ccccc1. The van der Waals surface area contributed by atoms with Crippen LogP contribution >= 0.6 is 27.5 Å². The molecule has 2 aromatic heterocycles. The molecule has 5 aromatic carbocycles. The average Bonchev–Trinajstić information content (AvgIpc) is 3.40. The van der Waals surface area contributed by atoms with Crippen LogP contribution in [0.2, 0.25) is 5.02 Å². The lowest BCUT2D eigenvalue weighted by atomic mass is 9.99. The van der Waals surface area contributed by atoms with E-state index < -0.39 is 0 Å². The van der Waals surface area contributed by atoms with Crippen LogP contribution < -0.4 is 0 Å². The molecule has 0 amide bonds. The predicted molar refractivity (Wildman–Crippen MR) is 146 cm³/mol. The van der Waals surface area contributed by atoms with Gasteiger partial charge in [-0.1, -0.05) is 82.1 Å². The molecule has 162 valence electrons. The van der Waals surface area contributed by atoms with Crippen molar-refractivity contribution in [2.24, 2.45) is 0 Å². The van der Waals surface area contributed by atoms with Crippen LogP contribution in [0, 0.1) is 0 Å². The van der Waals surface area contributed by atoms with E-state index in [1.807, 2.05) is 24.3 Å². The Bertz CT molecular complexity index is 1880. The number of hydrogen-bond acceptors (Lipinski definition) is 1. The number of aromatic nitrogens is 1. The highest BCUT2D eigenvalue weighted by Gasteiger charge is 2.19. The largest absolute Gasteiger partial charge is 0.455 e. The van der Waals surface area contributed by atoms with E-state index in [-0.39, 0.29) is 0 Å². The third-order valence-corrected chi connectivity index (χ3v) is 7.24. The number of rotatable bonds is 2. The van der Waals surface area contributed by atoms with Gasteiger partial charge in [0.15, 0.2) is 0 Å². The first-order valence-corrected chi connectivity index (χ1v) is 12.3. The van der Waals surface area contributed by atoms with Crippen LogP contribution in [-0.4, -0.2) is 4.57 Å².